The number of nitrogen functional groups attached to an aromatic ring is 1. The summed E-state index contributed by atoms with van der Waals surface area (Å²) in [7, 11) is -10.9. The van der Waals surface area contributed by atoms with Gasteiger partial charge in [0.15, 0.2) is 12.3 Å². The lowest BCUT2D eigenvalue weighted by Gasteiger charge is -2.21. The zero-order chi connectivity index (χ0) is 52.7. The summed E-state index contributed by atoms with van der Waals surface area (Å²) in [6, 6.07) is 1.25. The average molecular weight is 1050 g/mol. The molecule has 1 fully saturated rings. The topological polar surface area (TPSA) is 265 Å². The summed E-state index contributed by atoms with van der Waals surface area (Å²) < 4.78 is 56.8. The number of allylic oxidation sites excluding steroid dienone is 12. The Morgan fingerprint density at radius 2 is 1.17 bits per heavy atom. The van der Waals surface area contributed by atoms with E-state index >= 15 is 0 Å². The molecule has 7 atom stereocenters. The number of ether oxygens (including phenoxy) is 3. The van der Waals surface area contributed by atoms with Crippen LogP contribution in [0.3, 0.4) is 0 Å². The normalized spacial score (nSPS) is 19.6. The summed E-state index contributed by atoms with van der Waals surface area (Å²) in [6.45, 7) is 1.99. The molecule has 72 heavy (non-hydrogen) atoms. The number of unbranched alkanes of at least 4 members (excludes halogenated alkanes) is 14. The lowest BCUT2D eigenvalue weighted by Crippen LogP contribution is -2.36. The van der Waals surface area contributed by atoms with Crippen molar-refractivity contribution in [2.75, 3.05) is 25.6 Å². The molecule has 1 aliphatic rings. The molecule has 1 aromatic rings. The summed E-state index contributed by atoms with van der Waals surface area (Å²) in [5.41, 5.74) is 4.59. The van der Waals surface area contributed by atoms with Gasteiger partial charge >= 0.3 is 33.3 Å². The van der Waals surface area contributed by atoms with Crippen molar-refractivity contribution in [3.8, 4) is 0 Å². The number of rotatable bonds is 42. The van der Waals surface area contributed by atoms with Crippen LogP contribution in [0.4, 0.5) is 5.82 Å². The smallest absolute Gasteiger partial charge is 0.462 e. The summed E-state index contributed by atoms with van der Waals surface area (Å²) >= 11 is 0. The van der Waals surface area contributed by atoms with Crippen LogP contribution >= 0.6 is 15.6 Å². The summed E-state index contributed by atoms with van der Waals surface area (Å²) in [5.74, 6) is -1.34. The Morgan fingerprint density at radius 1 is 0.681 bits per heavy atom. The van der Waals surface area contributed by atoms with Gasteiger partial charge in [0.25, 0.3) is 0 Å². The molecule has 1 aliphatic heterocycles. The zero-order valence-corrected chi connectivity index (χ0v) is 44.5. The molecular weight excluding hydrogens is 969 g/mol. The van der Waals surface area contributed by atoms with Crippen LogP contribution in [0.2, 0.25) is 0 Å². The number of nitrogens with two attached hydrogens (primary N) is 1. The van der Waals surface area contributed by atoms with Crippen molar-refractivity contribution in [3.05, 3.63) is 95.7 Å². The molecule has 1 aromatic heterocycles. The summed E-state index contributed by atoms with van der Waals surface area (Å²) in [4.78, 5) is 62.0. The van der Waals surface area contributed by atoms with Crippen LogP contribution in [0.1, 0.15) is 174 Å². The predicted octanol–water partition coefficient (Wildman–Crippen LogP) is 10.9. The van der Waals surface area contributed by atoms with Crippen molar-refractivity contribution >= 4 is 33.4 Å². The highest BCUT2D eigenvalue weighted by molar-refractivity contribution is 7.61. The molecule has 0 amide bonds. The predicted molar refractivity (Wildman–Crippen MR) is 279 cm³/mol. The minimum Gasteiger partial charge on any atom is -0.462 e. The van der Waals surface area contributed by atoms with Crippen molar-refractivity contribution < 1.29 is 66.3 Å². The number of aliphatic hydroxyl groups excluding tert-OH is 2. The number of phosphoric ester groups is 2. The second kappa shape index (κ2) is 39.6. The molecule has 408 valence electrons. The first-order valence-corrected chi connectivity index (χ1v) is 28.9. The van der Waals surface area contributed by atoms with Gasteiger partial charge < -0.3 is 39.9 Å². The molecule has 0 aromatic carbocycles. The van der Waals surface area contributed by atoms with Crippen LogP contribution in [0.15, 0.2) is 90.0 Å². The van der Waals surface area contributed by atoms with Gasteiger partial charge in [-0.15, -0.1) is 0 Å². The third-order valence-corrected chi connectivity index (χ3v) is 13.9. The Bertz CT molecular complexity index is 1990. The Balaban J connectivity index is 1.81. The molecule has 3 unspecified atom stereocenters. The highest BCUT2D eigenvalue weighted by atomic mass is 31.3. The second-order valence-corrected chi connectivity index (χ2v) is 20.7. The SMILES string of the molecule is CC/C=C\C/C=C\C/C=C\C/C=C\CCCCCCC(=O)OC[C@H](COP(=O)(O)OP(=O)(O)OC[C@H]1O[C@@H](n2ccc(N)nc2=O)C(O)[C@H]1O)OC(=O)CCCCCCCCC/C=C\C/C=C\CCCCC. The molecule has 0 bridgehead atoms. The number of esters is 2. The number of phosphoric acid groups is 2. The largest absolute Gasteiger partial charge is 0.481 e. The molecule has 2 rings (SSSR count). The van der Waals surface area contributed by atoms with Crippen molar-refractivity contribution in [2.45, 2.75) is 199 Å². The van der Waals surface area contributed by atoms with E-state index in [2.05, 4.69) is 96.1 Å². The van der Waals surface area contributed by atoms with Crippen molar-refractivity contribution in [3.63, 3.8) is 0 Å². The van der Waals surface area contributed by atoms with Crippen molar-refractivity contribution in [1.29, 1.82) is 0 Å². The van der Waals surface area contributed by atoms with Crippen LogP contribution in [0, 0.1) is 0 Å². The maximum absolute atomic E-state index is 12.9. The van der Waals surface area contributed by atoms with E-state index in [4.69, 9.17) is 29.0 Å². The zero-order valence-electron chi connectivity index (χ0n) is 42.7. The quantitative estimate of drug-likeness (QED) is 0.0176. The number of hydrogen-bond donors (Lipinski definition) is 5. The van der Waals surface area contributed by atoms with Gasteiger partial charge in [0.05, 0.1) is 13.2 Å². The third kappa shape index (κ3) is 31.7. The Hall–Kier alpha value is -3.80. The molecule has 1 saturated heterocycles. The van der Waals surface area contributed by atoms with E-state index in [0.717, 1.165) is 120 Å². The lowest BCUT2D eigenvalue weighted by molar-refractivity contribution is -0.161. The van der Waals surface area contributed by atoms with Gasteiger partial charge in [0.2, 0.25) is 0 Å². The Labute approximate surface area is 427 Å². The van der Waals surface area contributed by atoms with E-state index in [1.54, 1.807) is 0 Å². The minimum absolute atomic E-state index is 0.0320. The number of nitrogens with zero attached hydrogens (tertiary/aromatic N) is 2. The summed E-state index contributed by atoms with van der Waals surface area (Å²) in [6.07, 6.45) is 41.1. The maximum atomic E-state index is 12.9. The van der Waals surface area contributed by atoms with E-state index in [1.165, 1.54) is 25.3 Å². The van der Waals surface area contributed by atoms with Crippen LogP contribution in [-0.4, -0.2) is 85.7 Å². The van der Waals surface area contributed by atoms with Gasteiger partial charge in [-0.05, 0) is 89.5 Å². The van der Waals surface area contributed by atoms with Crippen LogP contribution in [-0.2, 0) is 46.3 Å². The fourth-order valence-corrected chi connectivity index (χ4v) is 9.38. The van der Waals surface area contributed by atoms with E-state index in [0.29, 0.717) is 12.8 Å². The van der Waals surface area contributed by atoms with Crippen LogP contribution < -0.4 is 11.4 Å². The van der Waals surface area contributed by atoms with E-state index in [-0.39, 0.29) is 18.7 Å². The van der Waals surface area contributed by atoms with Gasteiger partial charge in [0, 0.05) is 19.0 Å². The molecule has 0 saturated carbocycles. The average Bonchev–Trinajstić information content (AvgIpc) is 3.62. The molecule has 20 heteroatoms. The maximum Gasteiger partial charge on any atom is 0.481 e. The molecule has 6 N–H and O–H groups in total. The number of carbonyl (C=O) groups excluding carboxylic acids is 2. The Morgan fingerprint density at radius 3 is 1.71 bits per heavy atom. The highest BCUT2D eigenvalue weighted by Crippen LogP contribution is 2.60. The Kier molecular flexibility index (Phi) is 35.4. The number of aromatic nitrogens is 2. The monoisotopic (exact) mass is 1050 g/mol. The number of hydrogen-bond acceptors (Lipinski definition) is 15. The van der Waals surface area contributed by atoms with Crippen molar-refractivity contribution in [2.24, 2.45) is 0 Å². The first-order valence-electron chi connectivity index (χ1n) is 25.9. The lowest BCUT2D eigenvalue weighted by atomic mass is 10.1. The molecular formula is C52H85N3O15P2. The molecule has 0 aliphatic carbocycles. The van der Waals surface area contributed by atoms with Gasteiger partial charge in [0.1, 0.15) is 30.7 Å². The van der Waals surface area contributed by atoms with E-state index in [9.17, 15) is 43.5 Å². The standard InChI is InChI=1S/C52H85N3O15P2/c1-3-5-7-9-11-13-15-17-19-21-23-25-27-29-31-33-35-37-47(56)65-41-44(68-48(57)38-36-34-32-30-28-26-24-22-20-18-16-14-12-10-8-6-4-2)42-66-71(61,62)70-72(63,64)67-43-45-49(58)50(59)51(69-45)55-40-39-46(53)54-52(55)60/h5,7,11-14,17-20,23,25,39-40,44-45,49-51,58-59H,3-4,6,8-10,15-16,21-22,24,26-38,41-43H2,1-2H3,(H,61,62)(H,63,64)(H2,53,54,60)/b7-5-,13-11-,14-12-,19-17-,20-18-,25-23-/t44-,45-,49+,50?,51-/m1/s1. The first-order chi connectivity index (χ1) is 34.7. The molecule has 18 nitrogen and oxygen atoms in total. The van der Waals surface area contributed by atoms with Gasteiger partial charge in [-0.1, -0.05) is 145 Å². The van der Waals surface area contributed by atoms with Gasteiger partial charge in [-0.3, -0.25) is 23.2 Å². The molecule has 0 radical (unpaired) electrons. The minimum atomic E-state index is -5.44. The molecule has 2 heterocycles. The van der Waals surface area contributed by atoms with Crippen LogP contribution in [0.25, 0.3) is 0 Å². The van der Waals surface area contributed by atoms with E-state index < -0.39 is 83.7 Å². The van der Waals surface area contributed by atoms with Crippen LogP contribution in [0.5, 0.6) is 0 Å². The fraction of sp³-hybridized carbons (Fsp3) is 0.654. The van der Waals surface area contributed by atoms with E-state index in [1.807, 2.05) is 0 Å². The number of aliphatic hydroxyl groups is 2. The number of carbonyl (C=O) groups is 2. The number of anilines is 1. The van der Waals surface area contributed by atoms with Gasteiger partial charge in [-0.25, -0.2) is 13.9 Å². The summed E-state index contributed by atoms with van der Waals surface area (Å²) in [5, 5.41) is 20.9. The second-order valence-electron chi connectivity index (χ2n) is 17.6. The molecule has 0 spiro atoms. The van der Waals surface area contributed by atoms with Crippen molar-refractivity contribution in [1.82, 2.24) is 9.55 Å². The van der Waals surface area contributed by atoms with Gasteiger partial charge in [-0.2, -0.15) is 9.29 Å². The third-order valence-electron chi connectivity index (χ3n) is 11.3. The fourth-order valence-electron chi connectivity index (χ4n) is 7.27. The highest BCUT2D eigenvalue weighted by Gasteiger charge is 2.46. The first kappa shape index (κ1) is 64.3.